The summed E-state index contributed by atoms with van der Waals surface area (Å²) >= 11 is 1.44. The first-order valence-corrected chi connectivity index (χ1v) is 8.86. The zero-order valence-electron chi connectivity index (χ0n) is 14.2. The fourth-order valence-corrected chi connectivity index (χ4v) is 3.57. The zero-order chi connectivity index (χ0) is 18.1. The number of methoxy groups -OCH3 is 1. The molecule has 0 unspecified atom stereocenters. The van der Waals surface area contributed by atoms with Crippen molar-refractivity contribution in [1.29, 1.82) is 5.26 Å². The van der Waals surface area contributed by atoms with Gasteiger partial charge in [0.2, 0.25) is 0 Å². The van der Waals surface area contributed by atoms with Crippen LogP contribution in [0.5, 0.6) is 5.75 Å². The van der Waals surface area contributed by atoms with E-state index >= 15 is 0 Å². The van der Waals surface area contributed by atoms with Gasteiger partial charge in [0.05, 0.1) is 12.8 Å². The molecular formula is C20H15N3O2S. The topological polar surface area (TPSA) is 71.1 Å². The Labute approximate surface area is 154 Å². The van der Waals surface area contributed by atoms with E-state index in [1.165, 1.54) is 11.3 Å². The van der Waals surface area contributed by atoms with Gasteiger partial charge in [0.1, 0.15) is 33.6 Å². The number of aromatic nitrogens is 1. The molecule has 26 heavy (non-hydrogen) atoms. The first-order valence-electron chi connectivity index (χ1n) is 7.98. The Morgan fingerprint density at radius 3 is 2.85 bits per heavy atom. The Morgan fingerprint density at radius 2 is 2.12 bits per heavy atom. The van der Waals surface area contributed by atoms with Gasteiger partial charge in [-0.3, -0.25) is 0 Å². The van der Waals surface area contributed by atoms with Gasteiger partial charge in [-0.1, -0.05) is 18.2 Å². The number of nitrogens with zero attached hydrogens (tertiary/aromatic N) is 2. The fourth-order valence-electron chi connectivity index (χ4n) is 2.80. The number of ether oxygens (including phenoxy) is 1. The van der Waals surface area contributed by atoms with Crippen molar-refractivity contribution in [1.82, 2.24) is 4.98 Å². The number of para-hydroxylation sites is 1. The monoisotopic (exact) mass is 361 g/mol. The van der Waals surface area contributed by atoms with E-state index in [4.69, 9.17) is 9.15 Å². The number of nitriles is 1. The van der Waals surface area contributed by atoms with Gasteiger partial charge in [0, 0.05) is 34.1 Å². The molecule has 0 fully saturated rings. The van der Waals surface area contributed by atoms with Crippen LogP contribution in [0.3, 0.4) is 0 Å². The molecule has 0 atom stereocenters. The first kappa shape index (κ1) is 16.2. The number of anilines is 1. The number of rotatable bonds is 4. The highest BCUT2D eigenvalue weighted by Gasteiger charge is 2.12. The van der Waals surface area contributed by atoms with E-state index in [-0.39, 0.29) is 0 Å². The van der Waals surface area contributed by atoms with Gasteiger partial charge in [0.25, 0.3) is 0 Å². The van der Waals surface area contributed by atoms with Crippen molar-refractivity contribution < 1.29 is 9.15 Å². The number of aryl methyl sites for hydroxylation is 1. The van der Waals surface area contributed by atoms with Crippen LogP contribution in [-0.4, -0.2) is 12.1 Å². The normalized spacial score (nSPS) is 11.7. The van der Waals surface area contributed by atoms with E-state index in [0.29, 0.717) is 16.3 Å². The molecule has 0 aliphatic heterocycles. The van der Waals surface area contributed by atoms with Gasteiger partial charge < -0.3 is 14.5 Å². The first-order chi connectivity index (χ1) is 12.7. The Balaban J connectivity index is 1.77. The lowest BCUT2D eigenvalue weighted by Crippen LogP contribution is -1.95. The summed E-state index contributed by atoms with van der Waals surface area (Å²) in [5, 5.41) is 17.2. The summed E-state index contributed by atoms with van der Waals surface area (Å²) in [4.78, 5) is 4.35. The maximum absolute atomic E-state index is 9.42. The van der Waals surface area contributed by atoms with Gasteiger partial charge in [-0.15, -0.1) is 11.3 Å². The van der Waals surface area contributed by atoms with Crippen LogP contribution in [0.15, 0.2) is 52.4 Å². The molecule has 6 heteroatoms. The molecular weight excluding hydrogens is 346 g/mol. The second kappa shape index (κ2) is 6.54. The number of furan rings is 1. The van der Waals surface area contributed by atoms with Crippen LogP contribution in [0, 0.1) is 18.3 Å². The van der Waals surface area contributed by atoms with Crippen molar-refractivity contribution >= 4 is 44.5 Å². The van der Waals surface area contributed by atoms with E-state index in [9.17, 15) is 5.26 Å². The zero-order valence-corrected chi connectivity index (χ0v) is 15.1. The molecule has 0 bridgehead atoms. The second-order valence-corrected chi connectivity index (χ2v) is 6.61. The van der Waals surface area contributed by atoms with E-state index in [2.05, 4.69) is 16.4 Å². The molecule has 128 valence electrons. The van der Waals surface area contributed by atoms with Gasteiger partial charge in [-0.2, -0.15) is 5.26 Å². The average molecular weight is 361 g/mol. The van der Waals surface area contributed by atoms with Crippen LogP contribution in [0.25, 0.3) is 27.5 Å². The number of allylic oxidation sites excluding steroid dienone is 1. The molecule has 1 N–H and O–H groups in total. The van der Waals surface area contributed by atoms with Gasteiger partial charge in [-0.05, 0) is 19.1 Å². The van der Waals surface area contributed by atoms with E-state index in [0.717, 1.165) is 33.3 Å². The summed E-state index contributed by atoms with van der Waals surface area (Å²) in [6.07, 6.45) is 1.64. The van der Waals surface area contributed by atoms with Crippen LogP contribution >= 0.6 is 11.3 Å². The molecule has 0 saturated carbocycles. The largest absolute Gasteiger partial charge is 0.495 e. The highest BCUT2D eigenvalue weighted by molar-refractivity contribution is 7.10. The Hall–Kier alpha value is -3.30. The summed E-state index contributed by atoms with van der Waals surface area (Å²) in [5.41, 5.74) is 3.67. The molecule has 0 aliphatic carbocycles. The molecule has 5 nitrogen and oxygen atoms in total. The Bertz CT molecular complexity index is 1180. The minimum Gasteiger partial charge on any atom is -0.495 e. The minimum absolute atomic E-state index is 0.467. The van der Waals surface area contributed by atoms with Crippen molar-refractivity contribution in [2.45, 2.75) is 6.92 Å². The van der Waals surface area contributed by atoms with Crippen LogP contribution < -0.4 is 10.1 Å². The lowest BCUT2D eigenvalue weighted by atomic mass is 10.1. The number of fused-ring (bicyclic) bond motifs is 3. The third kappa shape index (κ3) is 2.79. The van der Waals surface area contributed by atoms with Gasteiger partial charge >= 0.3 is 0 Å². The predicted octanol–water partition coefficient (Wildman–Crippen LogP) is 5.34. The van der Waals surface area contributed by atoms with E-state index in [1.807, 2.05) is 48.7 Å². The lowest BCUT2D eigenvalue weighted by Gasteiger charge is -2.08. The van der Waals surface area contributed by atoms with Crippen molar-refractivity contribution in [3.8, 4) is 11.8 Å². The molecule has 4 aromatic rings. The Morgan fingerprint density at radius 1 is 1.27 bits per heavy atom. The second-order valence-electron chi connectivity index (χ2n) is 5.76. The number of nitrogens with one attached hydrogen (secondary N) is 1. The van der Waals surface area contributed by atoms with Crippen LogP contribution in [-0.2, 0) is 0 Å². The Kier molecular flexibility index (Phi) is 4.07. The molecule has 0 saturated heterocycles. The standard InChI is InChI=1S/C20H15N3O2S/c1-12-11-26-20(23-12)13(9-21)10-22-16-8-18-15(7-19(16)24-2)14-5-3-4-6-17(14)25-18/h3-8,10-11,22H,1-2H3/b13-10+. The van der Waals surface area contributed by atoms with E-state index < -0.39 is 0 Å². The SMILES string of the molecule is COc1cc2c(cc1N/C=C(\C#N)c1nc(C)cs1)oc1ccccc12. The molecule has 0 radical (unpaired) electrons. The summed E-state index contributed by atoms with van der Waals surface area (Å²) in [6.45, 7) is 1.90. The molecule has 2 heterocycles. The average Bonchev–Trinajstić information content (AvgIpc) is 3.24. The van der Waals surface area contributed by atoms with Crippen LogP contribution in [0.4, 0.5) is 5.69 Å². The highest BCUT2D eigenvalue weighted by Crippen LogP contribution is 2.36. The summed E-state index contributed by atoms with van der Waals surface area (Å²) < 4.78 is 11.4. The third-order valence-corrected chi connectivity index (χ3v) is 5.03. The number of benzene rings is 2. The van der Waals surface area contributed by atoms with Crippen molar-refractivity contribution in [2.24, 2.45) is 0 Å². The maximum atomic E-state index is 9.42. The number of hydrogen-bond acceptors (Lipinski definition) is 6. The maximum Gasteiger partial charge on any atom is 0.143 e. The molecule has 0 amide bonds. The molecule has 0 spiro atoms. The van der Waals surface area contributed by atoms with Crippen LogP contribution in [0.2, 0.25) is 0 Å². The summed E-state index contributed by atoms with van der Waals surface area (Å²) in [5.74, 6) is 0.674. The smallest absolute Gasteiger partial charge is 0.143 e. The number of hydrogen-bond donors (Lipinski definition) is 1. The van der Waals surface area contributed by atoms with Crippen LogP contribution in [0.1, 0.15) is 10.7 Å². The number of thiazole rings is 1. The molecule has 2 aromatic carbocycles. The van der Waals surface area contributed by atoms with Crippen molar-refractivity contribution in [3.63, 3.8) is 0 Å². The van der Waals surface area contributed by atoms with E-state index in [1.54, 1.807) is 13.3 Å². The van der Waals surface area contributed by atoms with Crippen molar-refractivity contribution in [2.75, 3.05) is 12.4 Å². The summed E-state index contributed by atoms with van der Waals surface area (Å²) in [6, 6.07) is 13.9. The molecule has 2 aromatic heterocycles. The quantitative estimate of drug-likeness (QED) is 0.497. The van der Waals surface area contributed by atoms with Gasteiger partial charge in [0.15, 0.2) is 0 Å². The summed E-state index contributed by atoms with van der Waals surface area (Å²) in [7, 11) is 1.62. The molecule has 4 rings (SSSR count). The van der Waals surface area contributed by atoms with Gasteiger partial charge in [-0.25, -0.2) is 4.98 Å². The predicted molar refractivity (Wildman–Crippen MR) is 104 cm³/mol. The fraction of sp³-hybridized carbons (Fsp3) is 0.100. The van der Waals surface area contributed by atoms with Crippen molar-refractivity contribution in [3.05, 3.63) is 58.7 Å². The lowest BCUT2D eigenvalue weighted by molar-refractivity contribution is 0.417. The molecule has 0 aliphatic rings. The third-order valence-electron chi connectivity index (χ3n) is 4.04. The highest BCUT2D eigenvalue weighted by atomic mass is 32.1. The minimum atomic E-state index is 0.467.